The number of amides is 1. The summed E-state index contributed by atoms with van der Waals surface area (Å²) < 4.78 is 0. The van der Waals surface area contributed by atoms with Crippen molar-refractivity contribution in [2.24, 2.45) is 11.7 Å². The first-order valence-corrected chi connectivity index (χ1v) is 4.37. The Hall–Kier alpha value is -0.650. The molecule has 0 saturated carbocycles. The van der Waals surface area contributed by atoms with Gasteiger partial charge in [0.1, 0.15) is 0 Å². The second-order valence-corrected chi connectivity index (χ2v) is 3.05. The normalized spacial score (nSPS) is 13.0. The number of hydrogen-bond donors (Lipinski definition) is 4. The molecule has 5 N–H and O–H groups in total. The van der Waals surface area contributed by atoms with Gasteiger partial charge in [-0.2, -0.15) is 0 Å². The largest absolute Gasteiger partial charge is 0.394 e. The maximum atomic E-state index is 11.3. The maximum Gasteiger partial charge on any atom is 0.223 e. The summed E-state index contributed by atoms with van der Waals surface area (Å²) >= 11 is 0. The van der Waals surface area contributed by atoms with Crippen LogP contribution in [0.1, 0.15) is 13.3 Å². The zero-order valence-corrected chi connectivity index (χ0v) is 7.86. The summed E-state index contributed by atoms with van der Waals surface area (Å²) in [6, 6.07) is -0.562. The topological polar surface area (TPSA) is 95.6 Å². The molecule has 0 spiro atoms. The number of aliphatic hydroxyl groups excluding tert-OH is 2. The minimum atomic E-state index is -0.562. The first-order valence-electron chi connectivity index (χ1n) is 4.37. The number of aliphatic hydroxyl groups is 2. The Morgan fingerprint density at radius 3 is 2.38 bits per heavy atom. The van der Waals surface area contributed by atoms with Crippen molar-refractivity contribution >= 4 is 5.91 Å². The first-order chi connectivity index (χ1) is 6.15. The van der Waals surface area contributed by atoms with E-state index in [4.69, 9.17) is 15.9 Å². The highest BCUT2D eigenvalue weighted by atomic mass is 16.3. The van der Waals surface area contributed by atoms with Crippen LogP contribution in [-0.2, 0) is 4.79 Å². The molecule has 0 saturated heterocycles. The van der Waals surface area contributed by atoms with E-state index < -0.39 is 6.04 Å². The van der Waals surface area contributed by atoms with E-state index in [2.05, 4.69) is 5.32 Å². The predicted octanol–water partition coefficient (Wildman–Crippen LogP) is -1.56. The van der Waals surface area contributed by atoms with Gasteiger partial charge in [-0.25, -0.2) is 0 Å². The summed E-state index contributed by atoms with van der Waals surface area (Å²) in [5.41, 5.74) is 5.28. The minimum Gasteiger partial charge on any atom is -0.394 e. The molecule has 78 valence electrons. The van der Waals surface area contributed by atoms with E-state index in [0.29, 0.717) is 13.0 Å². The molecule has 0 bridgehead atoms. The van der Waals surface area contributed by atoms with Crippen LogP contribution in [0.25, 0.3) is 0 Å². The fraction of sp³-hybridized carbons (Fsp3) is 0.875. The standard InChI is InChI=1S/C8H18N2O3/c1-6(2-3-9)8(13)10-7(4-11)5-12/h6-7,11-12H,2-5,9H2,1H3,(H,10,13). The number of hydrogen-bond acceptors (Lipinski definition) is 4. The summed E-state index contributed by atoms with van der Waals surface area (Å²) in [6.07, 6.45) is 0.607. The van der Waals surface area contributed by atoms with E-state index in [1.165, 1.54) is 0 Å². The van der Waals surface area contributed by atoms with Gasteiger partial charge < -0.3 is 21.3 Å². The number of rotatable bonds is 6. The Balaban J connectivity index is 3.83. The summed E-state index contributed by atoms with van der Waals surface area (Å²) in [4.78, 5) is 11.3. The van der Waals surface area contributed by atoms with E-state index in [1.807, 2.05) is 0 Å². The molecule has 1 atom stereocenters. The summed E-state index contributed by atoms with van der Waals surface area (Å²) in [7, 11) is 0. The van der Waals surface area contributed by atoms with Crippen molar-refractivity contribution in [2.45, 2.75) is 19.4 Å². The van der Waals surface area contributed by atoms with E-state index in [1.54, 1.807) is 6.92 Å². The van der Waals surface area contributed by atoms with Gasteiger partial charge in [-0.1, -0.05) is 6.92 Å². The lowest BCUT2D eigenvalue weighted by Gasteiger charge is -2.16. The minimum absolute atomic E-state index is 0.175. The SMILES string of the molecule is CC(CCN)C(=O)NC(CO)CO. The van der Waals surface area contributed by atoms with Crippen LogP contribution in [0.2, 0.25) is 0 Å². The van der Waals surface area contributed by atoms with E-state index >= 15 is 0 Å². The van der Waals surface area contributed by atoms with Gasteiger partial charge in [-0.05, 0) is 13.0 Å². The third-order valence-electron chi connectivity index (χ3n) is 1.83. The number of nitrogens with two attached hydrogens (primary N) is 1. The van der Waals surface area contributed by atoms with Gasteiger partial charge >= 0.3 is 0 Å². The molecule has 0 rings (SSSR count). The molecular weight excluding hydrogens is 172 g/mol. The van der Waals surface area contributed by atoms with E-state index in [9.17, 15) is 4.79 Å². The molecule has 5 nitrogen and oxygen atoms in total. The Kier molecular flexibility index (Phi) is 6.48. The summed E-state index contributed by atoms with van der Waals surface area (Å²) in [5, 5.41) is 19.9. The zero-order chi connectivity index (χ0) is 10.3. The van der Waals surface area contributed by atoms with Crippen molar-refractivity contribution in [3.63, 3.8) is 0 Å². The molecule has 0 aromatic carbocycles. The van der Waals surface area contributed by atoms with Crippen LogP contribution >= 0.6 is 0 Å². The first kappa shape index (κ1) is 12.3. The van der Waals surface area contributed by atoms with Crippen LogP contribution < -0.4 is 11.1 Å². The van der Waals surface area contributed by atoms with Crippen molar-refractivity contribution in [1.29, 1.82) is 0 Å². The smallest absolute Gasteiger partial charge is 0.223 e. The average Bonchev–Trinajstić information content (AvgIpc) is 2.14. The highest BCUT2D eigenvalue weighted by Crippen LogP contribution is 2.00. The lowest BCUT2D eigenvalue weighted by Crippen LogP contribution is -2.42. The quantitative estimate of drug-likeness (QED) is 0.407. The molecule has 0 radical (unpaired) electrons. The third-order valence-corrected chi connectivity index (χ3v) is 1.83. The van der Waals surface area contributed by atoms with E-state index in [0.717, 1.165) is 0 Å². The van der Waals surface area contributed by atoms with Gasteiger partial charge in [0.05, 0.1) is 19.3 Å². The second kappa shape index (κ2) is 6.82. The molecule has 1 amide bonds. The van der Waals surface area contributed by atoms with Gasteiger partial charge in [0.15, 0.2) is 0 Å². The van der Waals surface area contributed by atoms with Gasteiger partial charge in [0.25, 0.3) is 0 Å². The number of nitrogens with one attached hydrogen (secondary N) is 1. The van der Waals surface area contributed by atoms with Crippen LogP contribution in [0.5, 0.6) is 0 Å². The molecule has 0 aliphatic carbocycles. The van der Waals surface area contributed by atoms with Crippen molar-refractivity contribution in [2.75, 3.05) is 19.8 Å². The van der Waals surface area contributed by atoms with Gasteiger partial charge in [-0.15, -0.1) is 0 Å². The Morgan fingerprint density at radius 1 is 1.46 bits per heavy atom. The highest BCUT2D eigenvalue weighted by molar-refractivity contribution is 5.78. The molecule has 1 unspecified atom stereocenters. The second-order valence-electron chi connectivity index (χ2n) is 3.05. The fourth-order valence-corrected chi connectivity index (χ4v) is 0.874. The Bertz CT molecular complexity index is 148. The predicted molar refractivity (Wildman–Crippen MR) is 48.9 cm³/mol. The van der Waals surface area contributed by atoms with Crippen LogP contribution in [0.4, 0.5) is 0 Å². The number of carbonyl (C=O) groups excluding carboxylic acids is 1. The average molecular weight is 190 g/mol. The molecule has 13 heavy (non-hydrogen) atoms. The lowest BCUT2D eigenvalue weighted by molar-refractivity contribution is -0.126. The fourth-order valence-electron chi connectivity index (χ4n) is 0.874. The van der Waals surface area contributed by atoms with Crippen molar-refractivity contribution < 1.29 is 15.0 Å². The van der Waals surface area contributed by atoms with Gasteiger partial charge in [0.2, 0.25) is 5.91 Å². The van der Waals surface area contributed by atoms with Crippen molar-refractivity contribution in [3.8, 4) is 0 Å². The Labute approximate surface area is 77.9 Å². The van der Waals surface area contributed by atoms with Crippen LogP contribution in [0.15, 0.2) is 0 Å². The summed E-state index contributed by atoms with van der Waals surface area (Å²) in [5.74, 6) is -0.357. The molecule has 0 aliphatic rings. The maximum absolute atomic E-state index is 11.3. The molecule has 0 aromatic heterocycles. The van der Waals surface area contributed by atoms with Crippen LogP contribution in [0, 0.1) is 5.92 Å². The Morgan fingerprint density at radius 2 is 2.00 bits per heavy atom. The molecule has 0 fully saturated rings. The van der Waals surface area contributed by atoms with Crippen molar-refractivity contribution in [1.82, 2.24) is 5.32 Å². The summed E-state index contributed by atoms with van der Waals surface area (Å²) in [6.45, 7) is 1.71. The molecule has 5 heteroatoms. The molecule has 0 heterocycles. The lowest BCUT2D eigenvalue weighted by atomic mass is 10.1. The monoisotopic (exact) mass is 190 g/mol. The van der Waals surface area contributed by atoms with Crippen LogP contribution in [-0.4, -0.2) is 41.9 Å². The highest BCUT2D eigenvalue weighted by Gasteiger charge is 2.15. The van der Waals surface area contributed by atoms with Gasteiger partial charge in [0, 0.05) is 5.92 Å². The molecule has 0 aliphatic heterocycles. The molecular formula is C8H18N2O3. The van der Waals surface area contributed by atoms with Crippen molar-refractivity contribution in [3.05, 3.63) is 0 Å². The zero-order valence-electron chi connectivity index (χ0n) is 7.86. The molecule has 0 aromatic rings. The number of carbonyl (C=O) groups is 1. The van der Waals surface area contributed by atoms with Gasteiger partial charge in [-0.3, -0.25) is 4.79 Å². The van der Waals surface area contributed by atoms with E-state index in [-0.39, 0.29) is 25.0 Å². The third kappa shape index (κ3) is 4.82. The van der Waals surface area contributed by atoms with Crippen LogP contribution in [0.3, 0.4) is 0 Å².